The third-order valence-electron chi connectivity index (χ3n) is 19.0. The number of carbonyl (C=O) groups is 8. The molecule has 2 unspecified atom stereocenters. The first-order chi connectivity index (χ1) is 51.6. The predicted molar refractivity (Wildman–Crippen MR) is 383 cm³/mol. The number of anilines is 1. The zero-order chi connectivity index (χ0) is 75.1. The standard InChI is InChI=1S/C76H101N9O21/c1-4-61-62-41-52(3)44-78-71(62)80-70-63(61)47-84-66(70)43-65-64(73(84)92)51-104-74(93)76(65,5-2)106-75(94)105-48-54-13-17-57(18-14-54)79-72(91)56(9-6-7-23-77)42-60(87)50-103-49-59(86)10-8-25-95-27-29-97-31-33-99-35-37-101-39-40-102-38-36-100-34-32-98-30-28-96-26-24-83-46-58(81-82-83)19-20-67(88)55-15-11-53(12-16-55)45-85-68(89)21-22-69(85)90/h13-14,17-18,21-22,41,43-44,46,53,55-56H,4-12,15-16,19-20,23-40,42,45,47-51,77H2,1-3H3,(H,79,91). The maximum absolute atomic E-state index is 14.2. The molecule has 1 saturated carbocycles. The molecule has 30 heteroatoms. The Bertz CT molecular complexity index is 3830. The molecular weight excluding hydrogens is 1370 g/mol. The predicted octanol–water partition coefficient (Wildman–Crippen LogP) is 6.37. The largest absolute Gasteiger partial charge is 0.510 e. The van der Waals surface area contributed by atoms with Gasteiger partial charge in [0, 0.05) is 97.4 Å². The third-order valence-corrected chi connectivity index (χ3v) is 19.0. The summed E-state index contributed by atoms with van der Waals surface area (Å²) in [5, 5.41) is 12.1. The highest BCUT2D eigenvalue weighted by Gasteiger charge is 2.51. The van der Waals surface area contributed by atoms with E-state index in [1.807, 2.05) is 26.1 Å². The van der Waals surface area contributed by atoms with Crippen LogP contribution >= 0.6 is 0 Å². The van der Waals surface area contributed by atoms with E-state index in [9.17, 15) is 43.2 Å². The maximum Gasteiger partial charge on any atom is 0.510 e. The van der Waals surface area contributed by atoms with E-state index in [2.05, 4.69) is 20.6 Å². The molecule has 1 fully saturated rings. The molecule has 3 N–H and O–H groups in total. The molecule has 106 heavy (non-hydrogen) atoms. The number of unbranched alkanes of at least 4 members (excludes halogenated alkanes) is 1. The maximum atomic E-state index is 14.2. The summed E-state index contributed by atoms with van der Waals surface area (Å²) in [6.07, 6.45) is 12.0. The molecule has 5 aromatic rings. The number of aromatic nitrogens is 6. The van der Waals surface area contributed by atoms with Crippen LogP contribution in [0.25, 0.3) is 22.4 Å². The molecule has 7 heterocycles. The third kappa shape index (κ3) is 24.0. The van der Waals surface area contributed by atoms with Crippen molar-refractivity contribution < 1.29 is 95.2 Å². The molecule has 30 nitrogen and oxygen atoms in total. The number of benzene rings is 1. The SMILES string of the molecule is CCc1c2c(nc3ncc(C)cc13)-c1cc3c(c(=O)n1C2)COC(=O)C3(CC)OC(=O)OCc1ccc(NC(=O)C(CCCCN)CC(=O)COCC(=O)CCCOCCOCCOCCOCCOCCOCCOCCOCCn2cc(CCC(=O)C3CCC(CN4C(=O)C=CC4=O)CC3)nn2)cc1. The highest BCUT2D eigenvalue weighted by molar-refractivity contribution is 6.12. The molecule has 3 aliphatic heterocycles. The molecule has 0 saturated heterocycles. The molecule has 3 amide bonds. The lowest BCUT2D eigenvalue weighted by Gasteiger charge is -2.35. The first kappa shape index (κ1) is 81.6. The minimum absolute atomic E-state index is 0.00428. The fourth-order valence-corrected chi connectivity index (χ4v) is 13.2. The first-order valence-electron chi connectivity index (χ1n) is 36.9. The van der Waals surface area contributed by atoms with Crippen molar-refractivity contribution in [2.45, 2.75) is 143 Å². The smallest absolute Gasteiger partial charge is 0.457 e. The molecule has 4 aliphatic rings. The molecule has 576 valence electrons. The van der Waals surface area contributed by atoms with Gasteiger partial charge in [0.2, 0.25) is 11.5 Å². The number of cyclic esters (lactones) is 1. The number of Topliss-reactive ketones (excluding diaryl/α,β-unsaturated/α-hetero) is 3. The summed E-state index contributed by atoms with van der Waals surface area (Å²) in [6.45, 7) is 12.7. The number of esters is 1. The van der Waals surface area contributed by atoms with Gasteiger partial charge in [0.1, 0.15) is 32.2 Å². The number of ketones is 3. The number of nitrogens with zero attached hydrogens (tertiary/aromatic N) is 7. The number of aryl methyl sites for hydroxylation is 3. The summed E-state index contributed by atoms with van der Waals surface area (Å²) in [6, 6.07) is 10.2. The van der Waals surface area contributed by atoms with Crippen LogP contribution in [0.1, 0.15) is 130 Å². The number of pyridine rings is 3. The number of hydrogen-bond acceptors (Lipinski definition) is 26. The summed E-state index contributed by atoms with van der Waals surface area (Å²) in [7, 11) is 0. The Balaban J connectivity index is 0.528. The molecule has 0 spiro atoms. The number of amides is 3. The molecule has 0 radical (unpaired) electrons. The van der Waals surface area contributed by atoms with Gasteiger partial charge in [0.15, 0.2) is 17.2 Å². The Hall–Kier alpha value is -8.43. The molecule has 0 bridgehead atoms. The van der Waals surface area contributed by atoms with Gasteiger partial charge < -0.3 is 72.5 Å². The zero-order valence-electron chi connectivity index (χ0n) is 61.2. The van der Waals surface area contributed by atoms with Crippen LogP contribution in [0, 0.1) is 24.7 Å². The minimum atomic E-state index is -1.98. The monoisotopic (exact) mass is 1480 g/mol. The van der Waals surface area contributed by atoms with E-state index in [0.717, 1.165) is 53.5 Å². The molecular formula is C76H101N9O21. The molecule has 9 rings (SSSR count). The second-order valence-electron chi connectivity index (χ2n) is 26.6. The van der Waals surface area contributed by atoms with Crippen molar-refractivity contribution in [2.75, 3.05) is 137 Å². The van der Waals surface area contributed by atoms with Crippen LogP contribution in [0.3, 0.4) is 0 Å². The van der Waals surface area contributed by atoms with Gasteiger partial charge in [-0.05, 0) is 118 Å². The lowest BCUT2D eigenvalue weighted by Crippen LogP contribution is -2.47. The van der Waals surface area contributed by atoms with Gasteiger partial charge in [-0.15, -0.1) is 5.10 Å². The first-order valence-corrected chi connectivity index (χ1v) is 36.9. The van der Waals surface area contributed by atoms with E-state index in [4.69, 9.17) is 67.6 Å². The van der Waals surface area contributed by atoms with E-state index in [1.54, 1.807) is 52.7 Å². The van der Waals surface area contributed by atoms with E-state index in [-0.39, 0.29) is 116 Å². The second-order valence-corrected chi connectivity index (χ2v) is 26.6. The summed E-state index contributed by atoms with van der Waals surface area (Å²) in [4.78, 5) is 128. The normalized spacial score (nSPS) is 17.0. The number of carbonyl (C=O) groups excluding carboxylic acids is 8. The van der Waals surface area contributed by atoms with Crippen molar-refractivity contribution in [1.82, 2.24) is 34.4 Å². The van der Waals surface area contributed by atoms with Crippen LogP contribution < -0.4 is 16.6 Å². The van der Waals surface area contributed by atoms with Crippen molar-refractivity contribution in [3.63, 3.8) is 0 Å². The van der Waals surface area contributed by atoms with E-state index < -0.39 is 23.6 Å². The Labute approximate surface area is 616 Å². The fourth-order valence-electron chi connectivity index (χ4n) is 13.2. The number of ether oxygens (including phenoxy) is 12. The highest BCUT2D eigenvalue weighted by Crippen LogP contribution is 2.42. The number of fused-ring (bicyclic) bond motifs is 5. The Morgan fingerprint density at radius 2 is 1.34 bits per heavy atom. The van der Waals surface area contributed by atoms with E-state index in [0.29, 0.717) is 199 Å². The summed E-state index contributed by atoms with van der Waals surface area (Å²) >= 11 is 0. The van der Waals surface area contributed by atoms with Crippen LogP contribution in [-0.4, -0.2) is 214 Å². The van der Waals surface area contributed by atoms with Crippen LogP contribution in [-0.2, 0) is 135 Å². The Morgan fingerprint density at radius 3 is 1.96 bits per heavy atom. The molecule has 1 aromatic carbocycles. The van der Waals surface area contributed by atoms with E-state index in [1.165, 1.54) is 17.1 Å². The van der Waals surface area contributed by atoms with Gasteiger partial charge in [-0.3, -0.25) is 38.5 Å². The quantitative estimate of drug-likeness (QED) is 0.0238. The summed E-state index contributed by atoms with van der Waals surface area (Å²) < 4.78 is 70.2. The van der Waals surface area contributed by atoms with Crippen molar-refractivity contribution in [3.8, 4) is 11.4 Å². The van der Waals surface area contributed by atoms with Crippen molar-refractivity contribution in [2.24, 2.45) is 23.5 Å². The average Bonchev–Trinajstić information content (AvgIpc) is 1.49. The van der Waals surface area contributed by atoms with Gasteiger partial charge in [0.05, 0.1) is 135 Å². The molecule has 4 aromatic heterocycles. The van der Waals surface area contributed by atoms with Gasteiger partial charge in [0.25, 0.3) is 17.4 Å². The van der Waals surface area contributed by atoms with Gasteiger partial charge in [-0.25, -0.2) is 24.2 Å². The highest BCUT2D eigenvalue weighted by atomic mass is 16.7. The lowest BCUT2D eigenvalue weighted by atomic mass is 9.79. The average molecular weight is 1480 g/mol. The topological polar surface area (TPSA) is 367 Å². The van der Waals surface area contributed by atoms with Crippen molar-refractivity contribution in [3.05, 3.63) is 110 Å². The number of imide groups is 1. The van der Waals surface area contributed by atoms with Gasteiger partial charge in [-0.1, -0.05) is 37.6 Å². The van der Waals surface area contributed by atoms with Crippen molar-refractivity contribution in [1.29, 1.82) is 0 Å². The van der Waals surface area contributed by atoms with E-state index >= 15 is 0 Å². The van der Waals surface area contributed by atoms with Gasteiger partial charge in [-0.2, -0.15) is 0 Å². The molecule has 2 atom stereocenters. The lowest BCUT2D eigenvalue weighted by molar-refractivity contribution is -0.175. The van der Waals surface area contributed by atoms with Crippen molar-refractivity contribution >= 4 is 63.9 Å². The summed E-state index contributed by atoms with van der Waals surface area (Å²) in [5.74, 6) is -2.47. The zero-order valence-corrected chi connectivity index (χ0v) is 61.2. The number of nitrogens with two attached hydrogens (primary N) is 1. The number of hydrogen-bond donors (Lipinski definition) is 2. The second kappa shape index (κ2) is 42.8. The minimum Gasteiger partial charge on any atom is -0.457 e. The van der Waals surface area contributed by atoms with Crippen LogP contribution in [0.5, 0.6) is 0 Å². The fraction of sp³-hybridized carbons (Fsp3) is 0.592. The number of nitrogens with one attached hydrogen (secondary N) is 1. The number of rotatable bonds is 51. The Morgan fingerprint density at radius 1 is 0.717 bits per heavy atom. The van der Waals surface area contributed by atoms with Crippen LogP contribution in [0.2, 0.25) is 0 Å². The molecule has 1 aliphatic carbocycles. The van der Waals surface area contributed by atoms with Crippen LogP contribution in [0.4, 0.5) is 10.5 Å². The van der Waals surface area contributed by atoms with Crippen LogP contribution in [0.15, 0.2) is 65.7 Å². The Kier molecular flexibility index (Phi) is 33.0. The van der Waals surface area contributed by atoms with Gasteiger partial charge >= 0.3 is 12.1 Å². The summed E-state index contributed by atoms with van der Waals surface area (Å²) in [5.41, 5.74) is 10.0.